The Labute approximate surface area is 120 Å². The van der Waals surface area contributed by atoms with Crippen molar-refractivity contribution in [2.45, 2.75) is 40.2 Å². The fourth-order valence-electron chi connectivity index (χ4n) is 1.39. The van der Waals surface area contributed by atoms with E-state index in [2.05, 4.69) is 36.4 Å². The Morgan fingerprint density at radius 3 is 2.63 bits per heavy atom. The first kappa shape index (κ1) is 15.8. The fraction of sp³-hybridized carbons (Fsp3) is 0.571. The van der Waals surface area contributed by atoms with Crippen LogP contribution in [0.2, 0.25) is 5.02 Å². The molecule has 19 heavy (non-hydrogen) atoms. The Bertz CT molecular complexity index is 435. The quantitative estimate of drug-likeness (QED) is 0.842. The number of amides is 1. The summed E-state index contributed by atoms with van der Waals surface area (Å²) in [4.78, 5) is 16.4. The number of carbonyl (C=O) groups is 1. The van der Waals surface area contributed by atoms with Gasteiger partial charge in [0, 0.05) is 12.6 Å². The first-order valence-corrected chi connectivity index (χ1v) is 7.04. The Kier molecular flexibility index (Phi) is 6.09. The molecule has 0 aliphatic rings. The van der Waals surface area contributed by atoms with Gasteiger partial charge >= 0.3 is 0 Å². The molecule has 1 heterocycles. The van der Waals surface area contributed by atoms with Gasteiger partial charge in [-0.3, -0.25) is 4.79 Å². The highest BCUT2D eigenvalue weighted by Gasteiger charge is 2.17. The molecule has 5 heteroatoms. The van der Waals surface area contributed by atoms with Crippen molar-refractivity contribution in [1.29, 1.82) is 0 Å². The molecule has 0 fully saturated rings. The van der Waals surface area contributed by atoms with Crippen molar-refractivity contribution in [1.82, 2.24) is 10.3 Å². The summed E-state index contributed by atoms with van der Waals surface area (Å²) in [6, 6.07) is 3.56. The van der Waals surface area contributed by atoms with Gasteiger partial charge in [-0.15, -0.1) is 0 Å². The smallest absolute Gasteiger partial charge is 0.271 e. The average molecular weight is 284 g/mol. The van der Waals surface area contributed by atoms with Crippen LogP contribution in [0.25, 0.3) is 0 Å². The van der Waals surface area contributed by atoms with Gasteiger partial charge in [-0.05, 0) is 31.4 Å². The third-order valence-electron chi connectivity index (χ3n) is 2.98. The topological polar surface area (TPSA) is 54.0 Å². The number of anilines is 1. The number of nitrogens with zero attached hydrogens (tertiary/aromatic N) is 1. The lowest BCUT2D eigenvalue weighted by atomic mass is 10.1. The van der Waals surface area contributed by atoms with Crippen LogP contribution >= 0.6 is 11.6 Å². The summed E-state index contributed by atoms with van der Waals surface area (Å²) in [5.74, 6) is 0.809. The van der Waals surface area contributed by atoms with Crippen LogP contribution in [-0.2, 0) is 0 Å². The van der Waals surface area contributed by atoms with Crippen molar-refractivity contribution < 1.29 is 4.79 Å². The summed E-state index contributed by atoms with van der Waals surface area (Å²) in [6.07, 6.45) is 0.996. The van der Waals surface area contributed by atoms with E-state index in [1.807, 2.05) is 6.92 Å². The number of rotatable bonds is 6. The number of hydrogen-bond donors (Lipinski definition) is 2. The molecule has 0 spiro atoms. The molecule has 1 amide bonds. The molecule has 0 aliphatic heterocycles. The summed E-state index contributed by atoms with van der Waals surface area (Å²) in [5, 5.41) is 6.42. The predicted octanol–water partition coefficient (Wildman–Crippen LogP) is 3.33. The van der Waals surface area contributed by atoms with E-state index in [4.69, 9.17) is 11.6 Å². The highest BCUT2D eigenvalue weighted by molar-refractivity contribution is 6.33. The van der Waals surface area contributed by atoms with E-state index in [9.17, 15) is 4.79 Å². The van der Waals surface area contributed by atoms with Gasteiger partial charge in [0.15, 0.2) is 0 Å². The van der Waals surface area contributed by atoms with E-state index in [0.717, 1.165) is 13.0 Å². The molecule has 1 rings (SSSR count). The van der Waals surface area contributed by atoms with Gasteiger partial charge in [-0.1, -0.05) is 32.4 Å². The monoisotopic (exact) mass is 283 g/mol. The maximum absolute atomic E-state index is 12.1. The Morgan fingerprint density at radius 2 is 2.05 bits per heavy atom. The summed E-state index contributed by atoms with van der Waals surface area (Å²) >= 11 is 6.04. The summed E-state index contributed by atoms with van der Waals surface area (Å²) in [7, 11) is 0. The standard InChI is InChI=1S/C14H22ClN3O/c1-5-8-16-12-7-6-11(15)13(18-12)14(19)17-10(4)9(2)3/h6-7,9-10H,5,8H2,1-4H3,(H,16,18)(H,17,19). The molecular weight excluding hydrogens is 262 g/mol. The van der Waals surface area contributed by atoms with Crippen LogP contribution in [0.1, 0.15) is 44.6 Å². The normalized spacial score (nSPS) is 12.3. The van der Waals surface area contributed by atoms with Crippen molar-refractivity contribution in [2.75, 3.05) is 11.9 Å². The maximum atomic E-state index is 12.1. The lowest BCUT2D eigenvalue weighted by Gasteiger charge is -2.17. The van der Waals surface area contributed by atoms with E-state index < -0.39 is 0 Å². The lowest BCUT2D eigenvalue weighted by Crippen LogP contribution is -2.36. The van der Waals surface area contributed by atoms with Gasteiger partial charge in [0.1, 0.15) is 11.5 Å². The minimum absolute atomic E-state index is 0.0811. The second-order valence-corrected chi connectivity index (χ2v) is 5.37. The van der Waals surface area contributed by atoms with E-state index in [0.29, 0.717) is 16.8 Å². The van der Waals surface area contributed by atoms with Crippen LogP contribution in [0.5, 0.6) is 0 Å². The molecule has 0 saturated carbocycles. The van der Waals surface area contributed by atoms with Crippen LogP contribution in [0.3, 0.4) is 0 Å². The molecule has 1 aromatic rings. The largest absolute Gasteiger partial charge is 0.370 e. The molecule has 1 atom stereocenters. The molecule has 0 bridgehead atoms. The van der Waals surface area contributed by atoms with E-state index in [1.165, 1.54) is 0 Å². The van der Waals surface area contributed by atoms with Crippen LogP contribution in [0.15, 0.2) is 12.1 Å². The van der Waals surface area contributed by atoms with Crippen LogP contribution in [0.4, 0.5) is 5.82 Å². The van der Waals surface area contributed by atoms with E-state index in [-0.39, 0.29) is 17.6 Å². The Morgan fingerprint density at radius 1 is 1.37 bits per heavy atom. The van der Waals surface area contributed by atoms with Gasteiger partial charge in [-0.25, -0.2) is 4.98 Å². The van der Waals surface area contributed by atoms with Crippen LogP contribution in [-0.4, -0.2) is 23.5 Å². The zero-order chi connectivity index (χ0) is 14.4. The van der Waals surface area contributed by atoms with Crippen LogP contribution in [0, 0.1) is 5.92 Å². The Balaban J connectivity index is 2.83. The molecule has 1 unspecified atom stereocenters. The number of aromatic nitrogens is 1. The van der Waals surface area contributed by atoms with Crippen molar-refractivity contribution in [3.8, 4) is 0 Å². The number of nitrogens with one attached hydrogen (secondary N) is 2. The van der Waals surface area contributed by atoms with Gasteiger partial charge in [0.05, 0.1) is 5.02 Å². The van der Waals surface area contributed by atoms with Crippen molar-refractivity contribution >= 4 is 23.3 Å². The lowest BCUT2D eigenvalue weighted by molar-refractivity contribution is 0.0926. The van der Waals surface area contributed by atoms with Crippen molar-refractivity contribution in [2.24, 2.45) is 5.92 Å². The van der Waals surface area contributed by atoms with Crippen molar-refractivity contribution in [3.05, 3.63) is 22.8 Å². The molecule has 0 aromatic carbocycles. The number of hydrogen-bond acceptors (Lipinski definition) is 3. The van der Waals surface area contributed by atoms with E-state index in [1.54, 1.807) is 12.1 Å². The molecule has 0 aliphatic carbocycles. The van der Waals surface area contributed by atoms with Gasteiger partial charge in [0.2, 0.25) is 0 Å². The average Bonchev–Trinajstić information content (AvgIpc) is 2.37. The van der Waals surface area contributed by atoms with Gasteiger partial charge in [0.25, 0.3) is 5.91 Å². The summed E-state index contributed by atoms with van der Waals surface area (Å²) in [5.41, 5.74) is 0.273. The molecule has 2 N–H and O–H groups in total. The minimum Gasteiger partial charge on any atom is -0.370 e. The number of halogens is 1. The highest BCUT2D eigenvalue weighted by atomic mass is 35.5. The number of pyridine rings is 1. The molecule has 0 radical (unpaired) electrons. The third-order valence-corrected chi connectivity index (χ3v) is 3.28. The fourth-order valence-corrected chi connectivity index (χ4v) is 1.59. The van der Waals surface area contributed by atoms with E-state index >= 15 is 0 Å². The summed E-state index contributed by atoms with van der Waals surface area (Å²) < 4.78 is 0. The predicted molar refractivity (Wildman–Crippen MR) is 79.8 cm³/mol. The SMILES string of the molecule is CCCNc1ccc(Cl)c(C(=O)NC(C)C(C)C)n1. The molecule has 0 saturated heterocycles. The molecule has 106 valence electrons. The first-order valence-electron chi connectivity index (χ1n) is 6.67. The van der Waals surface area contributed by atoms with Crippen LogP contribution < -0.4 is 10.6 Å². The second-order valence-electron chi connectivity index (χ2n) is 4.96. The Hall–Kier alpha value is -1.29. The molecular formula is C14H22ClN3O. The maximum Gasteiger partial charge on any atom is 0.271 e. The number of carbonyl (C=O) groups excluding carboxylic acids is 1. The first-order chi connectivity index (χ1) is 8.95. The van der Waals surface area contributed by atoms with Gasteiger partial charge < -0.3 is 10.6 Å². The zero-order valence-electron chi connectivity index (χ0n) is 12.0. The van der Waals surface area contributed by atoms with Crippen molar-refractivity contribution in [3.63, 3.8) is 0 Å². The zero-order valence-corrected chi connectivity index (χ0v) is 12.7. The minimum atomic E-state index is -0.230. The third kappa shape index (κ3) is 4.71. The summed E-state index contributed by atoms with van der Waals surface area (Å²) in [6.45, 7) is 8.97. The molecule has 1 aromatic heterocycles. The second kappa shape index (κ2) is 7.34. The molecule has 4 nitrogen and oxygen atoms in total. The highest BCUT2D eigenvalue weighted by Crippen LogP contribution is 2.17. The van der Waals surface area contributed by atoms with Gasteiger partial charge in [-0.2, -0.15) is 0 Å².